The fourth-order valence-corrected chi connectivity index (χ4v) is 3.86. The molecule has 2 aromatic heterocycles. The number of likely N-dealkylation sites (tertiary alicyclic amines) is 1. The van der Waals surface area contributed by atoms with Gasteiger partial charge in [0, 0.05) is 19.3 Å². The van der Waals surface area contributed by atoms with Crippen molar-refractivity contribution in [2.45, 2.75) is 38.9 Å². The first-order chi connectivity index (χ1) is 13.7. The van der Waals surface area contributed by atoms with Crippen LogP contribution in [-0.4, -0.2) is 39.4 Å². The smallest absolute Gasteiger partial charge is 0.272 e. The Balaban J connectivity index is 1.43. The van der Waals surface area contributed by atoms with Crippen LogP contribution in [0.1, 0.15) is 41.5 Å². The van der Waals surface area contributed by atoms with Crippen molar-refractivity contribution >= 4 is 23.2 Å². The van der Waals surface area contributed by atoms with Crippen LogP contribution in [-0.2, 0) is 17.8 Å². The van der Waals surface area contributed by atoms with Gasteiger partial charge in [-0.15, -0.1) is 0 Å². The van der Waals surface area contributed by atoms with Gasteiger partial charge < -0.3 is 9.64 Å². The number of carbonyl (C=O) groups excluding carboxylic acids is 1. The second-order valence-electron chi connectivity index (χ2n) is 7.12. The van der Waals surface area contributed by atoms with E-state index in [4.69, 9.17) is 16.3 Å². The van der Waals surface area contributed by atoms with Gasteiger partial charge in [0.05, 0.1) is 23.4 Å². The molecule has 146 valence electrons. The summed E-state index contributed by atoms with van der Waals surface area (Å²) < 4.78 is 7.87. The van der Waals surface area contributed by atoms with E-state index < -0.39 is 0 Å². The molecule has 0 spiro atoms. The largest absolute Gasteiger partial charge is 0.373 e. The molecule has 0 aliphatic carbocycles. The van der Waals surface area contributed by atoms with Crippen molar-refractivity contribution in [2.24, 2.45) is 0 Å². The summed E-state index contributed by atoms with van der Waals surface area (Å²) in [5.41, 5.74) is 3.38. The number of aromatic nitrogens is 2. The summed E-state index contributed by atoms with van der Waals surface area (Å²) in [4.78, 5) is 19.7. The van der Waals surface area contributed by atoms with Crippen LogP contribution in [0.3, 0.4) is 0 Å². The molecule has 4 rings (SSSR count). The van der Waals surface area contributed by atoms with Crippen molar-refractivity contribution in [3.63, 3.8) is 0 Å². The zero-order valence-electron chi connectivity index (χ0n) is 16.0. The molecule has 1 fully saturated rings. The Labute approximate surface area is 169 Å². The highest BCUT2D eigenvalue weighted by molar-refractivity contribution is 6.30. The van der Waals surface area contributed by atoms with Crippen LogP contribution in [0.4, 0.5) is 0 Å². The van der Waals surface area contributed by atoms with Crippen molar-refractivity contribution in [3.8, 4) is 0 Å². The number of fused-ring (bicyclic) bond motifs is 1. The molecule has 1 saturated heterocycles. The Hall–Kier alpha value is -2.37. The summed E-state index contributed by atoms with van der Waals surface area (Å²) in [7, 11) is 0. The fourth-order valence-electron chi connectivity index (χ4n) is 3.70. The van der Waals surface area contributed by atoms with Gasteiger partial charge in [0.1, 0.15) is 11.3 Å². The van der Waals surface area contributed by atoms with Gasteiger partial charge in [-0.25, -0.2) is 4.98 Å². The van der Waals surface area contributed by atoms with Crippen molar-refractivity contribution < 1.29 is 9.53 Å². The molecule has 0 unspecified atom stereocenters. The van der Waals surface area contributed by atoms with Crippen LogP contribution < -0.4 is 0 Å². The lowest BCUT2D eigenvalue weighted by Crippen LogP contribution is -2.41. The zero-order chi connectivity index (χ0) is 19.5. The first kappa shape index (κ1) is 19.0. The Kier molecular flexibility index (Phi) is 5.64. The molecule has 1 amide bonds. The Morgan fingerprint density at radius 2 is 1.93 bits per heavy atom. The standard InChI is InChI=1S/C22H24ClN3O2/c1-2-19-21(26-14-17(23)8-9-20(26)24-19)22(27)25-12-10-18(11-13-25)28-15-16-6-4-3-5-7-16/h3-9,14,18H,2,10-13,15H2,1H3. The Morgan fingerprint density at radius 1 is 1.18 bits per heavy atom. The molecule has 0 atom stereocenters. The van der Waals surface area contributed by atoms with E-state index >= 15 is 0 Å². The minimum Gasteiger partial charge on any atom is -0.373 e. The molecule has 3 heterocycles. The monoisotopic (exact) mass is 397 g/mol. The van der Waals surface area contributed by atoms with E-state index in [1.807, 2.05) is 40.5 Å². The lowest BCUT2D eigenvalue weighted by atomic mass is 10.1. The molecular formula is C22H24ClN3O2. The van der Waals surface area contributed by atoms with Gasteiger partial charge in [0.25, 0.3) is 5.91 Å². The molecule has 0 radical (unpaired) electrons. The van der Waals surface area contributed by atoms with Crippen molar-refractivity contribution in [1.29, 1.82) is 0 Å². The lowest BCUT2D eigenvalue weighted by Gasteiger charge is -2.32. The topological polar surface area (TPSA) is 46.8 Å². The maximum absolute atomic E-state index is 13.2. The molecular weight excluding hydrogens is 374 g/mol. The number of imidazole rings is 1. The van der Waals surface area contributed by atoms with Crippen molar-refractivity contribution in [1.82, 2.24) is 14.3 Å². The number of amides is 1. The highest BCUT2D eigenvalue weighted by Gasteiger charge is 2.28. The quantitative estimate of drug-likeness (QED) is 0.642. The Bertz CT molecular complexity index is 963. The van der Waals surface area contributed by atoms with E-state index in [9.17, 15) is 4.79 Å². The number of carbonyl (C=O) groups is 1. The van der Waals surface area contributed by atoms with E-state index in [-0.39, 0.29) is 12.0 Å². The van der Waals surface area contributed by atoms with Gasteiger partial charge in [-0.1, -0.05) is 48.9 Å². The number of aryl methyl sites for hydroxylation is 1. The highest BCUT2D eigenvalue weighted by Crippen LogP contribution is 2.22. The van der Waals surface area contributed by atoms with E-state index in [0.717, 1.165) is 24.2 Å². The molecule has 0 N–H and O–H groups in total. The molecule has 28 heavy (non-hydrogen) atoms. The number of benzene rings is 1. The second kappa shape index (κ2) is 8.33. The maximum atomic E-state index is 13.2. The summed E-state index contributed by atoms with van der Waals surface area (Å²) in [6, 6.07) is 13.8. The fraction of sp³-hybridized carbons (Fsp3) is 0.364. The number of piperidine rings is 1. The van der Waals surface area contributed by atoms with Crippen LogP contribution >= 0.6 is 11.6 Å². The average molecular weight is 398 g/mol. The summed E-state index contributed by atoms with van der Waals surface area (Å²) in [5, 5.41) is 0.592. The number of ether oxygens (including phenoxy) is 1. The third-order valence-corrected chi connectivity index (χ3v) is 5.47. The molecule has 3 aromatic rings. The first-order valence-corrected chi connectivity index (χ1v) is 10.1. The van der Waals surface area contributed by atoms with E-state index in [0.29, 0.717) is 36.8 Å². The minimum absolute atomic E-state index is 0.0214. The van der Waals surface area contributed by atoms with E-state index in [2.05, 4.69) is 17.1 Å². The molecule has 5 nitrogen and oxygen atoms in total. The van der Waals surface area contributed by atoms with Gasteiger partial charge in [-0.3, -0.25) is 9.20 Å². The number of hydrogen-bond acceptors (Lipinski definition) is 3. The number of nitrogens with zero attached hydrogens (tertiary/aromatic N) is 3. The summed E-state index contributed by atoms with van der Waals surface area (Å²) in [5.74, 6) is 0.0214. The van der Waals surface area contributed by atoms with Crippen molar-refractivity contribution in [3.05, 3.63) is 70.6 Å². The van der Waals surface area contributed by atoms with Crippen LogP contribution in [0, 0.1) is 0 Å². The molecule has 1 aliphatic heterocycles. The summed E-state index contributed by atoms with van der Waals surface area (Å²) >= 11 is 6.15. The third-order valence-electron chi connectivity index (χ3n) is 5.25. The van der Waals surface area contributed by atoms with Gasteiger partial charge in [-0.05, 0) is 37.0 Å². The minimum atomic E-state index is 0.0214. The molecule has 0 bridgehead atoms. The van der Waals surface area contributed by atoms with Gasteiger partial charge in [0.2, 0.25) is 0 Å². The van der Waals surface area contributed by atoms with Crippen LogP contribution in [0.5, 0.6) is 0 Å². The number of hydrogen-bond donors (Lipinski definition) is 0. The van der Waals surface area contributed by atoms with Crippen LogP contribution in [0.25, 0.3) is 5.65 Å². The molecule has 6 heteroatoms. The van der Waals surface area contributed by atoms with Gasteiger partial charge >= 0.3 is 0 Å². The second-order valence-corrected chi connectivity index (χ2v) is 7.56. The molecule has 1 aromatic carbocycles. The van der Waals surface area contributed by atoms with E-state index in [1.54, 1.807) is 12.3 Å². The predicted molar refractivity (Wildman–Crippen MR) is 110 cm³/mol. The lowest BCUT2D eigenvalue weighted by molar-refractivity contribution is -0.000553. The zero-order valence-corrected chi connectivity index (χ0v) is 16.7. The van der Waals surface area contributed by atoms with Gasteiger partial charge in [0.15, 0.2) is 0 Å². The SMILES string of the molecule is CCc1nc2ccc(Cl)cn2c1C(=O)N1CCC(OCc2ccccc2)CC1. The Morgan fingerprint density at radius 3 is 2.64 bits per heavy atom. The van der Waals surface area contributed by atoms with Crippen LogP contribution in [0.2, 0.25) is 5.02 Å². The van der Waals surface area contributed by atoms with Gasteiger partial charge in [-0.2, -0.15) is 0 Å². The normalized spacial score (nSPS) is 15.3. The van der Waals surface area contributed by atoms with Crippen LogP contribution in [0.15, 0.2) is 48.7 Å². The summed E-state index contributed by atoms with van der Waals surface area (Å²) in [6.07, 6.45) is 4.35. The number of pyridine rings is 1. The van der Waals surface area contributed by atoms with Crippen molar-refractivity contribution in [2.75, 3.05) is 13.1 Å². The maximum Gasteiger partial charge on any atom is 0.272 e. The first-order valence-electron chi connectivity index (χ1n) is 9.77. The average Bonchev–Trinajstić information content (AvgIpc) is 3.10. The predicted octanol–water partition coefficient (Wildman–Crippen LogP) is 4.37. The summed E-state index contributed by atoms with van der Waals surface area (Å²) in [6.45, 7) is 4.01. The number of rotatable bonds is 5. The number of halogens is 1. The molecule has 1 aliphatic rings. The van der Waals surface area contributed by atoms with E-state index in [1.165, 1.54) is 5.56 Å². The highest BCUT2D eigenvalue weighted by atomic mass is 35.5. The molecule has 0 saturated carbocycles. The third kappa shape index (κ3) is 3.91.